The van der Waals surface area contributed by atoms with Crippen LogP contribution in [0.2, 0.25) is 0 Å². The fourth-order valence-corrected chi connectivity index (χ4v) is 1.68. The van der Waals surface area contributed by atoms with Crippen molar-refractivity contribution in [2.75, 3.05) is 53.2 Å². The Kier molecular flexibility index (Phi) is 14.9. The van der Waals surface area contributed by atoms with E-state index in [4.69, 9.17) is 14.2 Å². The molecule has 0 heterocycles. The molecule has 0 unspecified atom stereocenters. The molecule has 7 heteroatoms. The lowest BCUT2D eigenvalue weighted by molar-refractivity contribution is -0.125. The van der Waals surface area contributed by atoms with E-state index in [1.807, 2.05) is 13.8 Å². The van der Waals surface area contributed by atoms with Crippen LogP contribution >= 0.6 is 0 Å². The van der Waals surface area contributed by atoms with E-state index in [-0.39, 0.29) is 24.3 Å². The van der Waals surface area contributed by atoms with Crippen molar-refractivity contribution in [1.29, 1.82) is 0 Å². The van der Waals surface area contributed by atoms with E-state index in [2.05, 4.69) is 10.6 Å². The predicted molar refractivity (Wildman–Crippen MR) is 88.2 cm³/mol. The first kappa shape index (κ1) is 21.8. The summed E-state index contributed by atoms with van der Waals surface area (Å²) in [6.45, 7) is 7.34. The van der Waals surface area contributed by atoms with Gasteiger partial charge in [-0.05, 0) is 19.3 Å². The minimum absolute atomic E-state index is 0.0169. The van der Waals surface area contributed by atoms with Crippen LogP contribution in [0.5, 0.6) is 0 Å². The van der Waals surface area contributed by atoms with Gasteiger partial charge in [-0.1, -0.05) is 13.8 Å². The summed E-state index contributed by atoms with van der Waals surface area (Å²) in [6, 6.07) is 0. The molecule has 0 bridgehead atoms. The van der Waals surface area contributed by atoms with Gasteiger partial charge in [0.2, 0.25) is 11.8 Å². The Morgan fingerprint density at radius 2 is 1.43 bits per heavy atom. The lowest BCUT2D eigenvalue weighted by Gasteiger charge is -2.08. The van der Waals surface area contributed by atoms with Gasteiger partial charge in [0.05, 0.1) is 13.2 Å². The second-order valence-electron chi connectivity index (χ2n) is 5.51. The van der Waals surface area contributed by atoms with Gasteiger partial charge in [0, 0.05) is 39.3 Å². The number of ether oxygens (including phenoxy) is 3. The van der Waals surface area contributed by atoms with E-state index in [0.29, 0.717) is 39.5 Å². The van der Waals surface area contributed by atoms with Crippen LogP contribution in [-0.4, -0.2) is 65.0 Å². The normalized spacial score (nSPS) is 10.8. The zero-order chi connectivity index (χ0) is 17.3. The van der Waals surface area contributed by atoms with Gasteiger partial charge >= 0.3 is 0 Å². The van der Waals surface area contributed by atoms with E-state index in [0.717, 1.165) is 19.3 Å². The molecular formula is C16H32N2O5. The number of hydrogen-bond acceptors (Lipinski definition) is 5. The fourth-order valence-electron chi connectivity index (χ4n) is 1.68. The number of unbranched alkanes of at least 4 members (excludes halogenated alkanes) is 2. The van der Waals surface area contributed by atoms with Crippen molar-refractivity contribution in [3.63, 3.8) is 0 Å². The Bertz CT molecular complexity index is 311. The average molecular weight is 332 g/mol. The molecule has 0 atom stereocenters. The van der Waals surface area contributed by atoms with Crippen LogP contribution in [0.1, 0.15) is 33.1 Å². The maximum absolute atomic E-state index is 11.3. The maximum Gasteiger partial charge on any atom is 0.246 e. The second kappa shape index (κ2) is 15.7. The van der Waals surface area contributed by atoms with Crippen LogP contribution < -0.4 is 10.6 Å². The minimum atomic E-state index is -0.127. The summed E-state index contributed by atoms with van der Waals surface area (Å²) in [6.07, 6.45) is 2.99. The summed E-state index contributed by atoms with van der Waals surface area (Å²) in [7, 11) is 1.49. The van der Waals surface area contributed by atoms with Gasteiger partial charge in [0.25, 0.3) is 0 Å². The summed E-state index contributed by atoms with van der Waals surface area (Å²) in [4.78, 5) is 22.4. The van der Waals surface area contributed by atoms with Gasteiger partial charge in [-0.3, -0.25) is 9.59 Å². The molecule has 2 amide bonds. The number of carbonyl (C=O) groups is 2. The Hall–Kier alpha value is -1.18. The third-order valence-electron chi connectivity index (χ3n) is 2.99. The molecule has 2 N–H and O–H groups in total. The molecule has 23 heavy (non-hydrogen) atoms. The molecule has 7 nitrogen and oxygen atoms in total. The molecule has 0 rings (SSSR count). The largest absolute Gasteiger partial charge is 0.380 e. The van der Waals surface area contributed by atoms with Crippen LogP contribution in [0.25, 0.3) is 0 Å². The SMILES string of the molecule is COCC(=O)NCCOCCCCCOCCNC(=O)C(C)C. The summed E-state index contributed by atoms with van der Waals surface area (Å²) < 4.78 is 15.6. The summed E-state index contributed by atoms with van der Waals surface area (Å²) in [5.74, 6) is -0.0507. The molecule has 0 fully saturated rings. The van der Waals surface area contributed by atoms with Gasteiger partial charge in [0.15, 0.2) is 0 Å². The molecule has 0 aliphatic carbocycles. The third-order valence-corrected chi connectivity index (χ3v) is 2.99. The lowest BCUT2D eigenvalue weighted by atomic mass is 10.2. The average Bonchev–Trinajstić information content (AvgIpc) is 2.51. The van der Waals surface area contributed by atoms with Gasteiger partial charge < -0.3 is 24.8 Å². The lowest BCUT2D eigenvalue weighted by Crippen LogP contribution is -2.30. The first-order chi connectivity index (χ1) is 11.1. The molecule has 0 aromatic heterocycles. The molecule has 0 radical (unpaired) electrons. The van der Waals surface area contributed by atoms with Crippen LogP contribution in [0, 0.1) is 5.92 Å². The minimum Gasteiger partial charge on any atom is -0.380 e. The van der Waals surface area contributed by atoms with Gasteiger partial charge in [-0.15, -0.1) is 0 Å². The van der Waals surface area contributed by atoms with Crippen molar-refractivity contribution < 1.29 is 23.8 Å². The maximum atomic E-state index is 11.3. The number of rotatable bonds is 15. The van der Waals surface area contributed by atoms with E-state index in [1.165, 1.54) is 7.11 Å². The van der Waals surface area contributed by atoms with Gasteiger partial charge in [0.1, 0.15) is 6.61 Å². The number of methoxy groups -OCH3 is 1. The Balaban J connectivity index is 3.14. The Labute approximate surface area is 139 Å². The highest BCUT2D eigenvalue weighted by Crippen LogP contribution is 1.96. The van der Waals surface area contributed by atoms with E-state index in [1.54, 1.807) is 0 Å². The fraction of sp³-hybridized carbons (Fsp3) is 0.875. The number of carbonyl (C=O) groups excluding carboxylic acids is 2. The van der Waals surface area contributed by atoms with Crippen molar-refractivity contribution >= 4 is 11.8 Å². The Morgan fingerprint density at radius 3 is 1.96 bits per heavy atom. The topological polar surface area (TPSA) is 85.9 Å². The summed E-state index contributed by atoms with van der Waals surface area (Å²) >= 11 is 0. The summed E-state index contributed by atoms with van der Waals surface area (Å²) in [5, 5.41) is 5.50. The van der Waals surface area contributed by atoms with Crippen molar-refractivity contribution in [2.24, 2.45) is 5.92 Å². The molecule has 0 saturated heterocycles. The van der Waals surface area contributed by atoms with E-state index in [9.17, 15) is 9.59 Å². The summed E-state index contributed by atoms with van der Waals surface area (Å²) in [5.41, 5.74) is 0. The molecule has 0 aliphatic heterocycles. The molecule has 0 aliphatic rings. The van der Waals surface area contributed by atoms with Crippen molar-refractivity contribution in [1.82, 2.24) is 10.6 Å². The first-order valence-electron chi connectivity index (χ1n) is 8.26. The van der Waals surface area contributed by atoms with Crippen molar-refractivity contribution in [3.05, 3.63) is 0 Å². The number of hydrogen-bond donors (Lipinski definition) is 2. The van der Waals surface area contributed by atoms with Gasteiger partial charge in [-0.25, -0.2) is 0 Å². The standard InChI is InChI=1S/C16H32N2O5/c1-14(2)16(20)18-8-12-23-10-6-4-5-9-22-11-7-17-15(19)13-21-3/h14H,4-13H2,1-3H3,(H,17,19)(H,18,20). The van der Waals surface area contributed by atoms with Crippen LogP contribution in [-0.2, 0) is 23.8 Å². The molecule has 0 spiro atoms. The molecule has 136 valence electrons. The highest BCUT2D eigenvalue weighted by molar-refractivity contribution is 5.77. The van der Waals surface area contributed by atoms with Crippen LogP contribution in [0.3, 0.4) is 0 Å². The van der Waals surface area contributed by atoms with Crippen LogP contribution in [0.15, 0.2) is 0 Å². The van der Waals surface area contributed by atoms with Crippen molar-refractivity contribution in [3.8, 4) is 0 Å². The monoisotopic (exact) mass is 332 g/mol. The van der Waals surface area contributed by atoms with E-state index < -0.39 is 0 Å². The highest BCUT2D eigenvalue weighted by Gasteiger charge is 2.04. The zero-order valence-electron chi connectivity index (χ0n) is 14.7. The predicted octanol–water partition coefficient (Wildman–Crippen LogP) is 0.725. The van der Waals surface area contributed by atoms with Crippen molar-refractivity contribution in [2.45, 2.75) is 33.1 Å². The molecular weight excluding hydrogens is 300 g/mol. The molecule has 0 aromatic carbocycles. The Morgan fingerprint density at radius 1 is 0.870 bits per heavy atom. The quantitative estimate of drug-likeness (QED) is 0.432. The van der Waals surface area contributed by atoms with E-state index >= 15 is 0 Å². The smallest absolute Gasteiger partial charge is 0.246 e. The zero-order valence-corrected chi connectivity index (χ0v) is 14.7. The first-order valence-corrected chi connectivity index (χ1v) is 8.26. The highest BCUT2D eigenvalue weighted by atomic mass is 16.5. The number of amides is 2. The number of nitrogens with one attached hydrogen (secondary N) is 2. The van der Waals surface area contributed by atoms with Crippen LogP contribution in [0.4, 0.5) is 0 Å². The van der Waals surface area contributed by atoms with Gasteiger partial charge in [-0.2, -0.15) is 0 Å². The third kappa shape index (κ3) is 15.5. The molecule has 0 aromatic rings. The molecule has 0 saturated carbocycles. The second-order valence-corrected chi connectivity index (χ2v) is 5.51.